The normalized spacial score (nSPS) is 16.5. The fraction of sp³-hybridized carbons (Fsp3) is 0.500. The minimum Gasteiger partial charge on any atom is -0.444 e. The lowest BCUT2D eigenvalue weighted by Crippen LogP contribution is -2.41. The highest BCUT2D eigenvalue weighted by atomic mass is 127. The van der Waals surface area contributed by atoms with Crippen LogP contribution in [0.25, 0.3) is 11.5 Å². The zero-order valence-corrected chi connectivity index (χ0v) is 18.4. The van der Waals surface area contributed by atoms with Crippen LogP contribution in [0.2, 0.25) is 0 Å². The maximum Gasteiger partial charge on any atom is 0.226 e. The average Bonchev–Trinajstić information content (AvgIpc) is 3.19. The van der Waals surface area contributed by atoms with Gasteiger partial charge in [0.05, 0.1) is 5.69 Å². The minimum absolute atomic E-state index is 0. The van der Waals surface area contributed by atoms with E-state index >= 15 is 0 Å². The molecule has 5 nitrogen and oxygen atoms in total. The summed E-state index contributed by atoms with van der Waals surface area (Å²) in [7, 11) is 1.85. The molecule has 0 saturated carbocycles. The molecule has 0 spiro atoms. The second-order valence-electron chi connectivity index (χ2n) is 7.57. The lowest BCUT2D eigenvalue weighted by atomic mass is 9.93. The maximum atomic E-state index is 5.62. The number of nitrogens with one attached hydrogen (secondary N) is 1. The Kier molecular flexibility index (Phi) is 7.08. The second kappa shape index (κ2) is 8.88. The zero-order chi connectivity index (χ0) is 17.9. The van der Waals surface area contributed by atoms with Gasteiger partial charge in [0.15, 0.2) is 5.96 Å². The summed E-state index contributed by atoms with van der Waals surface area (Å²) in [4.78, 5) is 11.3. The molecular formula is C20H29IN4O. The molecule has 142 valence electrons. The standard InChI is InChI=1S/C20H28N4O.HI/c1-15-5-7-16(8-6-15)18-23-17(13-25-18)9-11-22-19(21-4)24-12-10-20(2,3)14-24;/h5-8,13H,9-12,14H2,1-4H3,(H,21,22);1H. The van der Waals surface area contributed by atoms with Crippen molar-refractivity contribution in [2.24, 2.45) is 10.4 Å². The molecule has 0 atom stereocenters. The fourth-order valence-corrected chi connectivity index (χ4v) is 3.18. The van der Waals surface area contributed by atoms with E-state index in [1.54, 1.807) is 6.26 Å². The van der Waals surface area contributed by atoms with E-state index in [4.69, 9.17) is 4.42 Å². The van der Waals surface area contributed by atoms with Gasteiger partial charge in [0.1, 0.15) is 6.26 Å². The monoisotopic (exact) mass is 468 g/mol. The largest absolute Gasteiger partial charge is 0.444 e. The van der Waals surface area contributed by atoms with E-state index in [-0.39, 0.29) is 24.0 Å². The molecule has 1 saturated heterocycles. The SMILES string of the molecule is CN=C(NCCc1coc(-c2ccc(C)cc2)n1)N1CCC(C)(C)C1.I. The number of hydrogen-bond acceptors (Lipinski definition) is 3. The first-order chi connectivity index (χ1) is 12.0. The first-order valence-electron chi connectivity index (χ1n) is 8.94. The maximum absolute atomic E-state index is 5.62. The van der Waals surface area contributed by atoms with Crippen LogP contribution in [0.5, 0.6) is 0 Å². The van der Waals surface area contributed by atoms with Crippen LogP contribution in [0.15, 0.2) is 39.9 Å². The third-order valence-corrected chi connectivity index (χ3v) is 4.70. The van der Waals surface area contributed by atoms with Crippen molar-refractivity contribution < 1.29 is 4.42 Å². The number of oxazole rings is 1. The van der Waals surface area contributed by atoms with Crippen molar-refractivity contribution in [3.8, 4) is 11.5 Å². The quantitative estimate of drug-likeness (QED) is 0.417. The fourth-order valence-electron chi connectivity index (χ4n) is 3.18. The van der Waals surface area contributed by atoms with Crippen LogP contribution in [0.3, 0.4) is 0 Å². The number of guanidine groups is 1. The summed E-state index contributed by atoms with van der Waals surface area (Å²) < 4.78 is 5.62. The summed E-state index contributed by atoms with van der Waals surface area (Å²) >= 11 is 0. The Hall–Kier alpha value is -1.57. The number of aryl methyl sites for hydroxylation is 1. The number of halogens is 1. The van der Waals surface area contributed by atoms with Gasteiger partial charge in [0, 0.05) is 38.7 Å². The van der Waals surface area contributed by atoms with Crippen LogP contribution in [-0.4, -0.2) is 42.5 Å². The second-order valence-corrected chi connectivity index (χ2v) is 7.57. The molecule has 1 fully saturated rings. The van der Waals surface area contributed by atoms with Gasteiger partial charge in [-0.2, -0.15) is 0 Å². The van der Waals surface area contributed by atoms with Gasteiger partial charge in [0.25, 0.3) is 0 Å². The third kappa shape index (κ3) is 5.22. The van der Waals surface area contributed by atoms with Gasteiger partial charge < -0.3 is 14.6 Å². The van der Waals surface area contributed by atoms with Crippen molar-refractivity contribution in [1.82, 2.24) is 15.2 Å². The molecule has 2 aromatic rings. The highest BCUT2D eigenvalue weighted by molar-refractivity contribution is 14.0. The van der Waals surface area contributed by atoms with Gasteiger partial charge in [-0.25, -0.2) is 4.98 Å². The van der Waals surface area contributed by atoms with Crippen molar-refractivity contribution in [1.29, 1.82) is 0 Å². The molecule has 1 aromatic carbocycles. The van der Waals surface area contributed by atoms with Gasteiger partial charge in [-0.15, -0.1) is 24.0 Å². The Labute approximate surface area is 173 Å². The van der Waals surface area contributed by atoms with Gasteiger partial charge in [0.2, 0.25) is 5.89 Å². The van der Waals surface area contributed by atoms with E-state index in [0.29, 0.717) is 11.3 Å². The number of nitrogens with zero attached hydrogens (tertiary/aromatic N) is 3. The van der Waals surface area contributed by atoms with E-state index in [9.17, 15) is 0 Å². The number of rotatable bonds is 4. The van der Waals surface area contributed by atoms with Crippen LogP contribution in [0.4, 0.5) is 0 Å². The Morgan fingerprint density at radius 1 is 1.31 bits per heavy atom. The Morgan fingerprint density at radius 2 is 2.04 bits per heavy atom. The van der Waals surface area contributed by atoms with Crippen LogP contribution >= 0.6 is 24.0 Å². The molecule has 0 bridgehead atoms. The predicted molar refractivity (Wildman–Crippen MR) is 117 cm³/mol. The Bertz CT molecular complexity index is 737. The summed E-state index contributed by atoms with van der Waals surface area (Å²) in [5.41, 5.74) is 3.57. The van der Waals surface area contributed by atoms with Crippen molar-refractivity contribution >= 4 is 29.9 Å². The molecule has 3 rings (SSSR count). The predicted octanol–water partition coefficient (Wildman–Crippen LogP) is 4.12. The molecule has 1 aliphatic rings. The highest BCUT2D eigenvalue weighted by Gasteiger charge is 2.30. The Balaban J connectivity index is 0.00000243. The summed E-state index contributed by atoms with van der Waals surface area (Å²) in [6.07, 6.45) is 3.76. The molecule has 1 aromatic heterocycles. The van der Waals surface area contributed by atoms with Crippen LogP contribution in [0.1, 0.15) is 31.5 Å². The molecule has 6 heteroatoms. The average molecular weight is 468 g/mol. The summed E-state index contributed by atoms with van der Waals surface area (Å²) in [6.45, 7) is 9.60. The molecule has 26 heavy (non-hydrogen) atoms. The summed E-state index contributed by atoms with van der Waals surface area (Å²) in [5, 5.41) is 3.45. The smallest absolute Gasteiger partial charge is 0.226 e. The van der Waals surface area contributed by atoms with Gasteiger partial charge in [-0.3, -0.25) is 4.99 Å². The van der Waals surface area contributed by atoms with E-state index in [1.807, 2.05) is 19.2 Å². The first-order valence-corrected chi connectivity index (χ1v) is 8.94. The van der Waals surface area contributed by atoms with E-state index in [2.05, 4.69) is 53.1 Å². The number of aliphatic imine (C=N–C) groups is 1. The zero-order valence-electron chi connectivity index (χ0n) is 16.1. The third-order valence-electron chi connectivity index (χ3n) is 4.70. The lowest BCUT2D eigenvalue weighted by molar-refractivity contribution is 0.370. The van der Waals surface area contributed by atoms with Crippen molar-refractivity contribution in [2.45, 2.75) is 33.6 Å². The highest BCUT2D eigenvalue weighted by Crippen LogP contribution is 2.28. The number of hydrogen-bond donors (Lipinski definition) is 1. The lowest BCUT2D eigenvalue weighted by Gasteiger charge is -2.23. The molecule has 0 radical (unpaired) electrons. The summed E-state index contributed by atoms with van der Waals surface area (Å²) in [5.74, 6) is 1.66. The number of aromatic nitrogens is 1. The van der Waals surface area contributed by atoms with Crippen molar-refractivity contribution in [3.05, 3.63) is 41.8 Å². The molecule has 0 amide bonds. The number of likely N-dealkylation sites (tertiary alicyclic amines) is 1. The van der Waals surface area contributed by atoms with Gasteiger partial charge in [-0.05, 0) is 30.9 Å². The molecule has 1 aliphatic heterocycles. The summed E-state index contributed by atoms with van der Waals surface area (Å²) in [6, 6.07) is 8.23. The van der Waals surface area contributed by atoms with Gasteiger partial charge >= 0.3 is 0 Å². The molecule has 0 unspecified atom stereocenters. The van der Waals surface area contributed by atoms with Gasteiger partial charge in [-0.1, -0.05) is 31.5 Å². The van der Waals surface area contributed by atoms with E-state index < -0.39 is 0 Å². The van der Waals surface area contributed by atoms with Crippen molar-refractivity contribution in [3.63, 3.8) is 0 Å². The van der Waals surface area contributed by atoms with E-state index in [1.165, 1.54) is 12.0 Å². The Morgan fingerprint density at radius 3 is 2.65 bits per heavy atom. The number of benzene rings is 1. The van der Waals surface area contributed by atoms with Crippen LogP contribution in [0, 0.1) is 12.3 Å². The van der Waals surface area contributed by atoms with E-state index in [0.717, 1.165) is 43.3 Å². The molecular weight excluding hydrogens is 439 g/mol. The van der Waals surface area contributed by atoms with Crippen molar-refractivity contribution in [2.75, 3.05) is 26.7 Å². The first kappa shape index (κ1) is 20.7. The van der Waals surface area contributed by atoms with Crippen LogP contribution < -0.4 is 5.32 Å². The topological polar surface area (TPSA) is 53.7 Å². The molecule has 2 heterocycles. The molecule has 1 N–H and O–H groups in total. The molecule has 0 aliphatic carbocycles. The minimum atomic E-state index is 0. The van der Waals surface area contributed by atoms with Crippen LogP contribution in [-0.2, 0) is 6.42 Å².